The van der Waals surface area contributed by atoms with Crippen LogP contribution >= 0.6 is 43.5 Å². The lowest BCUT2D eigenvalue weighted by atomic mass is 9.81. The minimum absolute atomic E-state index is 0.193. The van der Waals surface area contributed by atoms with Crippen molar-refractivity contribution in [1.82, 2.24) is 20.2 Å². The molecule has 4 nitrogen and oxygen atoms in total. The number of rotatable bonds is 5. The smallest absolute Gasteiger partial charge is 0.167 e. The van der Waals surface area contributed by atoms with Crippen molar-refractivity contribution in [2.45, 2.75) is 11.8 Å². The Labute approximate surface area is 133 Å². The Bertz CT molecular complexity index is 554. The van der Waals surface area contributed by atoms with Crippen LogP contribution < -0.4 is 0 Å². The molecule has 0 bridgehead atoms. The topological polar surface area (TPSA) is 43.6 Å². The second-order valence-electron chi connectivity index (χ2n) is 4.40. The second-order valence-corrected chi connectivity index (χ2v) is 5.93. The normalized spacial score (nSPS) is 11.8. The van der Waals surface area contributed by atoms with E-state index >= 15 is 0 Å². The first-order valence-electron chi connectivity index (χ1n) is 5.71. The zero-order valence-corrected chi connectivity index (χ0v) is 14.3. The van der Waals surface area contributed by atoms with Gasteiger partial charge in [0.2, 0.25) is 0 Å². The summed E-state index contributed by atoms with van der Waals surface area (Å²) in [5.41, 5.74) is 0.888. The van der Waals surface area contributed by atoms with Crippen LogP contribution in [0.1, 0.15) is 11.4 Å². The summed E-state index contributed by atoms with van der Waals surface area (Å²) in [6, 6.07) is 7.87. The van der Waals surface area contributed by atoms with Gasteiger partial charge in [-0.1, -0.05) is 61.7 Å². The maximum atomic E-state index is 6.33. The molecule has 0 N–H and O–H groups in total. The van der Waals surface area contributed by atoms with Gasteiger partial charge in [-0.3, -0.25) is 0 Å². The third-order valence-corrected chi connectivity index (χ3v) is 5.48. The number of tetrazole rings is 1. The number of hydrogen-bond donors (Lipinski definition) is 0. The highest BCUT2D eigenvalue weighted by atomic mass is 79.9. The molecule has 2 aromatic rings. The summed E-state index contributed by atoms with van der Waals surface area (Å²) in [5.74, 6) is 0.710. The molecule has 0 atom stereocenters. The molecule has 0 radical (unpaired) electrons. The lowest BCUT2D eigenvalue weighted by molar-refractivity contribution is 0.531. The molecule has 0 saturated carbocycles. The third kappa shape index (κ3) is 3.17. The molecule has 0 aliphatic heterocycles. The number of alkyl halides is 2. The Morgan fingerprint density at radius 3 is 2.47 bits per heavy atom. The number of nitrogens with zero attached hydrogens (tertiary/aromatic N) is 4. The predicted molar refractivity (Wildman–Crippen MR) is 83.2 cm³/mol. The summed E-state index contributed by atoms with van der Waals surface area (Å²) >= 11 is 13.5. The molecule has 1 aromatic carbocycles. The molecule has 1 aromatic heterocycles. The zero-order chi connectivity index (χ0) is 13.9. The molecule has 7 heteroatoms. The molecule has 1 heterocycles. The van der Waals surface area contributed by atoms with Crippen LogP contribution in [0.25, 0.3) is 0 Å². The lowest BCUT2D eigenvalue weighted by Crippen LogP contribution is -2.33. The maximum Gasteiger partial charge on any atom is 0.175 e. The Morgan fingerprint density at radius 1 is 1.26 bits per heavy atom. The molecule has 0 aliphatic carbocycles. The molecular formula is C12H13Br2ClN4. The molecule has 2 rings (SSSR count). The highest BCUT2D eigenvalue weighted by molar-refractivity contribution is 9.09. The lowest BCUT2D eigenvalue weighted by Gasteiger charge is -2.30. The van der Waals surface area contributed by atoms with Crippen molar-refractivity contribution in [2.75, 3.05) is 10.7 Å². The summed E-state index contributed by atoms with van der Waals surface area (Å²) in [6.07, 6.45) is 0.668. The van der Waals surface area contributed by atoms with Crippen LogP contribution in [0.2, 0.25) is 5.02 Å². The van der Waals surface area contributed by atoms with E-state index in [1.165, 1.54) is 4.80 Å². The van der Waals surface area contributed by atoms with E-state index in [1.807, 2.05) is 24.3 Å². The van der Waals surface area contributed by atoms with Gasteiger partial charge in [-0.2, -0.15) is 4.80 Å². The van der Waals surface area contributed by atoms with Gasteiger partial charge in [0, 0.05) is 27.5 Å². The average Bonchev–Trinajstić information content (AvgIpc) is 2.82. The standard InChI is InChI=1S/C12H13Br2ClN4/c1-19-17-11(16-18-19)6-12(7-13,8-14)9-4-2-3-5-10(9)15/h2-5H,6-8H2,1H3. The molecule has 19 heavy (non-hydrogen) atoms. The van der Waals surface area contributed by atoms with Crippen LogP contribution in [0.3, 0.4) is 0 Å². The quantitative estimate of drug-likeness (QED) is 0.714. The third-order valence-electron chi connectivity index (χ3n) is 3.00. The highest BCUT2D eigenvalue weighted by Crippen LogP contribution is 2.36. The first kappa shape index (κ1) is 14.9. The second kappa shape index (κ2) is 6.33. The fourth-order valence-electron chi connectivity index (χ4n) is 1.96. The maximum absolute atomic E-state index is 6.33. The summed E-state index contributed by atoms with van der Waals surface area (Å²) in [7, 11) is 1.76. The molecule has 0 saturated heterocycles. The van der Waals surface area contributed by atoms with E-state index in [1.54, 1.807) is 7.05 Å². The molecular weight excluding hydrogens is 395 g/mol. The van der Waals surface area contributed by atoms with Gasteiger partial charge >= 0.3 is 0 Å². The SMILES string of the molecule is Cn1nnc(CC(CBr)(CBr)c2ccccc2Cl)n1. The largest absolute Gasteiger partial charge is 0.175 e. The molecule has 0 fully saturated rings. The van der Waals surface area contributed by atoms with Crippen LogP contribution in [0.4, 0.5) is 0 Å². The first-order chi connectivity index (χ1) is 9.11. The van der Waals surface area contributed by atoms with Crippen molar-refractivity contribution in [3.8, 4) is 0 Å². The minimum atomic E-state index is -0.193. The Morgan fingerprint density at radius 2 is 1.95 bits per heavy atom. The van der Waals surface area contributed by atoms with Crippen molar-refractivity contribution in [3.63, 3.8) is 0 Å². The van der Waals surface area contributed by atoms with E-state index in [-0.39, 0.29) is 5.41 Å². The predicted octanol–water partition coefficient (Wildman–Crippen LogP) is 3.13. The van der Waals surface area contributed by atoms with Gasteiger partial charge < -0.3 is 0 Å². The summed E-state index contributed by atoms with van der Waals surface area (Å²) in [5, 5.41) is 14.5. The fourth-order valence-corrected chi connectivity index (χ4v) is 4.22. The molecule has 102 valence electrons. The number of aromatic nitrogens is 4. The monoisotopic (exact) mass is 406 g/mol. The number of aryl methyl sites for hydroxylation is 1. The van der Waals surface area contributed by atoms with Gasteiger partial charge in [-0.05, 0) is 16.8 Å². The van der Waals surface area contributed by atoms with Crippen LogP contribution in [0, 0.1) is 0 Å². The van der Waals surface area contributed by atoms with E-state index in [2.05, 4.69) is 47.3 Å². The molecule has 0 amide bonds. The summed E-state index contributed by atoms with van der Waals surface area (Å²) < 4.78 is 0. The van der Waals surface area contributed by atoms with E-state index in [0.717, 1.165) is 21.2 Å². The van der Waals surface area contributed by atoms with E-state index in [9.17, 15) is 0 Å². The summed E-state index contributed by atoms with van der Waals surface area (Å²) in [6.45, 7) is 0. The Kier molecular flexibility index (Phi) is 4.97. The Hall–Kier alpha value is -0.460. The van der Waals surface area contributed by atoms with Gasteiger partial charge in [-0.25, -0.2) is 0 Å². The van der Waals surface area contributed by atoms with Gasteiger partial charge in [0.15, 0.2) is 5.82 Å². The fraction of sp³-hybridized carbons (Fsp3) is 0.417. The van der Waals surface area contributed by atoms with Crippen LogP contribution in [-0.2, 0) is 18.9 Å². The minimum Gasteiger partial charge on any atom is -0.167 e. The number of benzene rings is 1. The van der Waals surface area contributed by atoms with Crippen molar-refractivity contribution < 1.29 is 0 Å². The molecule has 0 unspecified atom stereocenters. The van der Waals surface area contributed by atoms with Gasteiger partial charge in [-0.15, -0.1) is 10.2 Å². The van der Waals surface area contributed by atoms with Gasteiger partial charge in [0.1, 0.15) is 0 Å². The Balaban J connectivity index is 2.40. The van der Waals surface area contributed by atoms with E-state index < -0.39 is 0 Å². The van der Waals surface area contributed by atoms with Gasteiger partial charge in [0.05, 0.1) is 7.05 Å². The summed E-state index contributed by atoms with van der Waals surface area (Å²) in [4.78, 5) is 1.47. The van der Waals surface area contributed by atoms with E-state index in [4.69, 9.17) is 11.6 Å². The zero-order valence-electron chi connectivity index (χ0n) is 10.4. The van der Waals surface area contributed by atoms with Crippen molar-refractivity contribution in [2.24, 2.45) is 7.05 Å². The average molecular weight is 409 g/mol. The van der Waals surface area contributed by atoms with Crippen molar-refractivity contribution in [1.29, 1.82) is 0 Å². The number of hydrogen-bond acceptors (Lipinski definition) is 3. The molecule has 0 spiro atoms. The van der Waals surface area contributed by atoms with Crippen LogP contribution in [0.15, 0.2) is 24.3 Å². The van der Waals surface area contributed by atoms with Crippen LogP contribution in [0.5, 0.6) is 0 Å². The molecule has 0 aliphatic rings. The van der Waals surface area contributed by atoms with Gasteiger partial charge in [0.25, 0.3) is 0 Å². The number of halogens is 3. The first-order valence-corrected chi connectivity index (χ1v) is 8.33. The van der Waals surface area contributed by atoms with E-state index in [0.29, 0.717) is 12.2 Å². The highest BCUT2D eigenvalue weighted by Gasteiger charge is 2.34. The van der Waals surface area contributed by atoms with Crippen molar-refractivity contribution >= 4 is 43.5 Å². The van der Waals surface area contributed by atoms with Crippen molar-refractivity contribution in [3.05, 3.63) is 40.7 Å². The van der Waals surface area contributed by atoms with Crippen LogP contribution in [-0.4, -0.2) is 30.9 Å².